The zero-order chi connectivity index (χ0) is 30.1. The second-order valence-corrected chi connectivity index (χ2v) is 10.2. The van der Waals surface area contributed by atoms with Crippen molar-refractivity contribution < 1.29 is 9.18 Å². The lowest BCUT2D eigenvalue weighted by Gasteiger charge is -2.17. The Morgan fingerprint density at radius 3 is 2.58 bits per heavy atom. The normalized spacial score (nSPS) is 12.0. The molecule has 1 atom stereocenters. The molecule has 43 heavy (non-hydrogen) atoms. The van der Waals surface area contributed by atoms with Gasteiger partial charge in [0.15, 0.2) is 5.82 Å². The van der Waals surface area contributed by atoms with E-state index < -0.39 is 6.04 Å². The number of aromatic nitrogens is 7. The van der Waals surface area contributed by atoms with Crippen LogP contribution in [0.2, 0.25) is 0 Å². The Morgan fingerprint density at radius 2 is 1.84 bits per heavy atom. The van der Waals surface area contributed by atoms with Crippen LogP contribution in [0.4, 0.5) is 10.1 Å². The van der Waals surface area contributed by atoms with E-state index in [1.807, 2.05) is 48.0 Å². The van der Waals surface area contributed by atoms with Crippen LogP contribution in [0.1, 0.15) is 18.1 Å². The fraction of sp³-hybridized carbons (Fsp3) is 0.161. The first-order chi connectivity index (χ1) is 20.8. The highest BCUT2D eigenvalue weighted by Crippen LogP contribution is 2.27. The van der Waals surface area contributed by atoms with E-state index in [1.54, 1.807) is 49.1 Å². The second-order valence-electron chi connectivity index (χ2n) is 10.2. The second kappa shape index (κ2) is 11.4. The topological polar surface area (TPSA) is 135 Å². The monoisotopic (exact) mass is 577 g/mol. The summed E-state index contributed by atoms with van der Waals surface area (Å²) in [5.74, 6) is -0.0910. The van der Waals surface area contributed by atoms with Crippen molar-refractivity contribution in [3.63, 3.8) is 0 Å². The first kappa shape index (κ1) is 27.7. The number of tetrazole rings is 1. The van der Waals surface area contributed by atoms with Crippen LogP contribution >= 0.6 is 0 Å². The first-order valence-corrected chi connectivity index (χ1v) is 13.6. The Balaban J connectivity index is 1.41. The van der Waals surface area contributed by atoms with E-state index >= 15 is 0 Å². The number of halogens is 1. The summed E-state index contributed by atoms with van der Waals surface area (Å²) in [6.45, 7) is 3.83. The number of carbonyl (C=O) groups excluding carboxylic acids is 1. The van der Waals surface area contributed by atoms with E-state index in [9.17, 15) is 14.0 Å². The summed E-state index contributed by atoms with van der Waals surface area (Å²) in [7, 11) is 1.68. The van der Waals surface area contributed by atoms with Gasteiger partial charge in [-0.15, -0.1) is 5.10 Å². The number of nitrogens with one attached hydrogen (secondary N) is 3. The molecule has 0 saturated carbocycles. The van der Waals surface area contributed by atoms with Crippen LogP contribution in [0.15, 0.2) is 84.0 Å². The lowest BCUT2D eigenvalue weighted by Crippen LogP contribution is -2.37. The van der Waals surface area contributed by atoms with E-state index in [1.165, 1.54) is 12.1 Å². The molecule has 3 N–H and O–H groups in total. The van der Waals surface area contributed by atoms with E-state index in [4.69, 9.17) is 0 Å². The van der Waals surface area contributed by atoms with Crippen LogP contribution in [0.5, 0.6) is 0 Å². The standard InChI is InChI=1S/C31H28FN9O2/c1-18-16-40(28-10-8-23(32)13-25(18)28)24-12-20(14-34-15-24)17-41-27(11-9-26(31(41)43)35-30(42)19(2)33-3)21-4-6-22(7-5-21)29-36-38-39-37-29/h4-16,19,33H,17H2,1-3H3,(H,35,42)(H,36,37,38,39)/t19-/m0/s1. The molecule has 0 aliphatic heterocycles. The van der Waals surface area contributed by atoms with Gasteiger partial charge in [-0.05, 0) is 84.4 Å². The van der Waals surface area contributed by atoms with Crippen LogP contribution in [-0.2, 0) is 11.3 Å². The SMILES string of the molecule is CN[C@@H](C)C(=O)Nc1ccc(-c2ccc(-c3nnn[nH]3)cc2)n(Cc2cncc(-n3cc(C)c4cc(F)ccc43)c2)c1=O. The van der Waals surface area contributed by atoms with Crippen molar-refractivity contribution >= 4 is 22.5 Å². The smallest absolute Gasteiger partial charge is 0.275 e. The average molecular weight is 578 g/mol. The Hall–Kier alpha value is -5.49. The third kappa shape index (κ3) is 5.43. The van der Waals surface area contributed by atoms with Crippen LogP contribution in [0.25, 0.3) is 39.2 Å². The quantitative estimate of drug-likeness (QED) is 0.248. The van der Waals surface area contributed by atoms with Gasteiger partial charge in [-0.1, -0.05) is 24.3 Å². The van der Waals surface area contributed by atoms with E-state index in [-0.39, 0.29) is 29.5 Å². The minimum Gasteiger partial charge on any atom is -0.320 e. The number of likely N-dealkylation sites (N-methyl/N-ethyl adjacent to an activating group) is 1. The molecule has 216 valence electrons. The lowest BCUT2D eigenvalue weighted by molar-refractivity contribution is -0.117. The van der Waals surface area contributed by atoms with Gasteiger partial charge in [0.2, 0.25) is 5.91 Å². The molecule has 2 aromatic carbocycles. The summed E-state index contributed by atoms with van der Waals surface area (Å²) < 4.78 is 17.5. The number of hydrogen-bond acceptors (Lipinski definition) is 7. The van der Waals surface area contributed by atoms with Crippen molar-refractivity contribution in [1.82, 2.24) is 40.1 Å². The summed E-state index contributed by atoms with van der Waals surface area (Å²) >= 11 is 0. The van der Waals surface area contributed by atoms with Gasteiger partial charge in [-0.25, -0.2) is 9.49 Å². The highest BCUT2D eigenvalue weighted by atomic mass is 19.1. The molecule has 0 fully saturated rings. The van der Waals surface area contributed by atoms with E-state index in [2.05, 4.69) is 36.2 Å². The molecule has 6 rings (SSSR count). The highest BCUT2D eigenvalue weighted by Gasteiger charge is 2.17. The number of aromatic amines is 1. The predicted octanol–water partition coefficient (Wildman–Crippen LogP) is 4.08. The summed E-state index contributed by atoms with van der Waals surface area (Å²) in [6, 6.07) is 17.1. The molecule has 0 spiro atoms. The van der Waals surface area contributed by atoms with Crippen LogP contribution in [0.3, 0.4) is 0 Å². The molecule has 0 aliphatic rings. The number of aryl methyl sites for hydroxylation is 1. The highest BCUT2D eigenvalue weighted by molar-refractivity contribution is 5.94. The molecule has 11 nitrogen and oxygen atoms in total. The number of carbonyl (C=O) groups is 1. The maximum absolute atomic E-state index is 13.9. The molecule has 1 amide bonds. The summed E-state index contributed by atoms with van der Waals surface area (Å²) in [6.07, 6.45) is 5.36. The molecule has 0 radical (unpaired) electrons. The van der Waals surface area contributed by atoms with Gasteiger partial charge in [0.1, 0.15) is 11.5 Å². The van der Waals surface area contributed by atoms with Crippen LogP contribution in [-0.4, -0.2) is 53.7 Å². The number of benzene rings is 2. The number of anilines is 1. The molecule has 4 heterocycles. The molecule has 0 bridgehead atoms. The fourth-order valence-corrected chi connectivity index (χ4v) is 4.99. The third-order valence-corrected chi connectivity index (χ3v) is 7.42. The number of amides is 1. The molecule has 0 unspecified atom stereocenters. The molecule has 6 aromatic rings. The Kier molecular flexibility index (Phi) is 7.34. The Labute approximate surface area is 245 Å². The maximum Gasteiger partial charge on any atom is 0.275 e. The number of nitrogens with zero attached hydrogens (tertiary/aromatic N) is 6. The Morgan fingerprint density at radius 1 is 1.05 bits per heavy atom. The van der Waals surface area contributed by atoms with Crippen molar-refractivity contribution in [2.45, 2.75) is 26.4 Å². The van der Waals surface area contributed by atoms with Gasteiger partial charge in [0.25, 0.3) is 5.56 Å². The molecular weight excluding hydrogens is 549 g/mol. The zero-order valence-corrected chi connectivity index (χ0v) is 23.7. The summed E-state index contributed by atoms with van der Waals surface area (Å²) in [4.78, 5) is 31.0. The van der Waals surface area contributed by atoms with Gasteiger partial charge in [0.05, 0.1) is 35.7 Å². The van der Waals surface area contributed by atoms with Gasteiger partial charge in [0, 0.05) is 23.3 Å². The maximum atomic E-state index is 13.9. The van der Waals surface area contributed by atoms with Crippen LogP contribution in [0, 0.1) is 12.7 Å². The van der Waals surface area contributed by atoms with Crippen molar-refractivity contribution in [3.05, 3.63) is 107 Å². The fourth-order valence-electron chi connectivity index (χ4n) is 4.99. The Bertz CT molecular complexity index is 2000. The first-order valence-electron chi connectivity index (χ1n) is 13.6. The summed E-state index contributed by atoms with van der Waals surface area (Å²) in [5, 5.41) is 20.4. The van der Waals surface area contributed by atoms with Crippen LogP contribution < -0.4 is 16.2 Å². The third-order valence-electron chi connectivity index (χ3n) is 7.42. The number of H-pyrrole nitrogens is 1. The largest absolute Gasteiger partial charge is 0.320 e. The van der Waals surface area contributed by atoms with Gasteiger partial charge < -0.3 is 19.8 Å². The molecule has 0 saturated heterocycles. The predicted molar refractivity (Wildman–Crippen MR) is 161 cm³/mol. The number of pyridine rings is 2. The molecule has 12 heteroatoms. The minimum absolute atomic E-state index is 0.165. The van der Waals surface area contributed by atoms with Crippen molar-refractivity contribution in [2.24, 2.45) is 0 Å². The number of hydrogen-bond donors (Lipinski definition) is 3. The number of rotatable bonds is 8. The minimum atomic E-state index is -0.486. The zero-order valence-electron chi connectivity index (χ0n) is 23.7. The molecular formula is C31H28FN9O2. The van der Waals surface area contributed by atoms with Gasteiger partial charge in [-0.2, -0.15) is 0 Å². The van der Waals surface area contributed by atoms with Crippen molar-refractivity contribution in [2.75, 3.05) is 12.4 Å². The van der Waals surface area contributed by atoms with E-state index in [0.717, 1.165) is 38.8 Å². The molecule has 0 aliphatic carbocycles. The van der Waals surface area contributed by atoms with Crippen molar-refractivity contribution in [3.8, 4) is 28.3 Å². The summed E-state index contributed by atoms with van der Waals surface area (Å²) in [5.41, 5.74) is 5.34. The van der Waals surface area contributed by atoms with Gasteiger partial charge >= 0.3 is 0 Å². The average Bonchev–Trinajstić information content (AvgIpc) is 3.67. The lowest BCUT2D eigenvalue weighted by atomic mass is 10.1. The molecule has 4 aromatic heterocycles. The number of fused-ring (bicyclic) bond motifs is 1. The van der Waals surface area contributed by atoms with Gasteiger partial charge in [-0.3, -0.25) is 14.6 Å². The van der Waals surface area contributed by atoms with E-state index in [0.29, 0.717) is 11.5 Å². The van der Waals surface area contributed by atoms with Crippen molar-refractivity contribution in [1.29, 1.82) is 0 Å².